The fourth-order valence-corrected chi connectivity index (χ4v) is 4.47. The van der Waals surface area contributed by atoms with Crippen LogP contribution in [-0.4, -0.2) is 52.3 Å². The summed E-state index contributed by atoms with van der Waals surface area (Å²) in [7, 11) is 0. The first-order valence-electron chi connectivity index (χ1n) is 10.5. The maximum atomic E-state index is 14.3. The number of H-pyrrole nitrogens is 1. The lowest BCUT2D eigenvalue weighted by atomic mass is 10.1. The minimum atomic E-state index is -0.288. The third kappa shape index (κ3) is 3.06. The van der Waals surface area contributed by atoms with Crippen LogP contribution in [0.5, 0.6) is 0 Å². The van der Waals surface area contributed by atoms with Gasteiger partial charge in [0.25, 0.3) is 0 Å². The number of nitrogens with one attached hydrogen (secondary N) is 2. The summed E-state index contributed by atoms with van der Waals surface area (Å²) in [6.45, 7) is 4.46. The Labute approximate surface area is 173 Å². The summed E-state index contributed by atoms with van der Waals surface area (Å²) in [6, 6.07) is 14.2. The van der Waals surface area contributed by atoms with Crippen molar-refractivity contribution in [1.29, 1.82) is 0 Å². The average molecular weight is 402 g/mol. The molecular weight excluding hydrogens is 379 g/mol. The molecule has 2 N–H and O–H groups in total. The third-order valence-electron chi connectivity index (χ3n) is 6.24. The molecule has 2 aromatic carbocycles. The van der Waals surface area contributed by atoms with Gasteiger partial charge in [0.1, 0.15) is 11.3 Å². The lowest BCUT2D eigenvalue weighted by Gasteiger charge is -2.36. The number of piperazine rings is 1. The summed E-state index contributed by atoms with van der Waals surface area (Å²) in [5.74, 6) is 0.357. The Morgan fingerprint density at radius 1 is 1.00 bits per heavy atom. The third-order valence-corrected chi connectivity index (χ3v) is 6.24. The predicted octanol–water partition coefficient (Wildman–Crippen LogP) is 4.28. The van der Waals surface area contributed by atoms with Crippen molar-refractivity contribution in [3.8, 4) is 0 Å². The number of rotatable bonds is 4. The van der Waals surface area contributed by atoms with Gasteiger partial charge >= 0.3 is 0 Å². The number of fused-ring (bicyclic) bond motifs is 3. The van der Waals surface area contributed by atoms with E-state index in [1.165, 1.54) is 24.6 Å². The van der Waals surface area contributed by atoms with Gasteiger partial charge in [-0.25, -0.2) is 9.37 Å². The Morgan fingerprint density at radius 3 is 2.57 bits per heavy atom. The monoisotopic (exact) mass is 402 g/mol. The van der Waals surface area contributed by atoms with Crippen LogP contribution in [0.15, 0.2) is 48.7 Å². The van der Waals surface area contributed by atoms with Crippen LogP contribution in [-0.2, 0) is 0 Å². The largest absolute Gasteiger partial charge is 0.369 e. The Balaban J connectivity index is 1.24. The zero-order valence-electron chi connectivity index (χ0n) is 16.6. The van der Waals surface area contributed by atoms with Gasteiger partial charge in [-0.15, -0.1) is 0 Å². The van der Waals surface area contributed by atoms with Crippen LogP contribution in [0.1, 0.15) is 12.8 Å². The number of benzene rings is 2. The molecular formula is C23H23FN6. The molecule has 0 radical (unpaired) electrons. The maximum absolute atomic E-state index is 14.3. The standard InChI is InChI=1S/C23H23FN6/c24-19-2-1-3-20-21(19)18-14-25-28-22(18)23(27-20)26-15-4-6-16(7-5-15)29-10-12-30(13-11-29)17-8-9-17/h1-7,14,17H,8-13H2,(H,25,28)(H,26,27). The number of anilines is 3. The minimum Gasteiger partial charge on any atom is -0.369 e. The Kier molecular flexibility index (Phi) is 4.09. The van der Waals surface area contributed by atoms with Crippen molar-refractivity contribution >= 4 is 39.0 Å². The van der Waals surface area contributed by atoms with E-state index in [0.717, 1.165) is 43.3 Å². The molecule has 6 rings (SSSR count). The molecule has 1 saturated carbocycles. The Morgan fingerprint density at radius 2 is 1.80 bits per heavy atom. The van der Waals surface area contributed by atoms with E-state index in [1.54, 1.807) is 12.3 Å². The SMILES string of the molecule is Fc1cccc2nc(Nc3ccc(N4CCN(C5CC5)CC4)cc3)c3[nH]ncc3c12. The predicted molar refractivity (Wildman–Crippen MR) is 118 cm³/mol. The molecule has 1 aliphatic carbocycles. The molecule has 7 heteroatoms. The molecule has 0 bridgehead atoms. The van der Waals surface area contributed by atoms with Gasteiger partial charge in [0, 0.05) is 54.4 Å². The van der Waals surface area contributed by atoms with Crippen molar-refractivity contribution in [3.63, 3.8) is 0 Å². The molecule has 0 atom stereocenters. The number of nitrogens with zero attached hydrogens (tertiary/aromatic N) is 4. The number of halogens is 1. The Bertz CT molecular complexity index is 1210. The van der Waals surface area contributed by atoms with Crippen molar-refractivity contribution < 1.29 is 4.39 Å². The van der Waals surface area contributed by atoms with Crippen molar-refractivity contribution in [3.05, 3.63) is 54.5 Å². The summed E-state index contributed by atoms with van der Waals surface area (Å²) >= 11 is 0. The molecule has 0 unspecified atom stereocenters. The molecule has 30 heavy (non-hydrogen) atoms. The summed E-state index contributed by atoms with van der Waals surface area (Å²) in [4.78, 5) is 9.71. The van der Waals surface area contributed by atoms with E-state index in [1.807, 2.05) is 6.07 Å². The first-order valence-corrected chi connectivity index (χ1v) is 10.5. The highest BCUT2D eigenvalue weighted by Crippen LogP contribution is 2.32. The zero-order valence-corrected chi connectivity index (χ0v) is 16.6. The second-order valence-corrected chi connectivity index (χ2v) is 8.18. The molecule has 0 spiro atoms. The highest BCUT2D eigenvalue weighted by atomic mass is 19.1. The zero-order chi connectivity index (χ0) is 20.1. The number of aromatic amines is 1. The molecule has 6 nitrogen and oxygen atoms in total. The van der Waals surface area contributed by atoms with Crippen LogP contribution in [0, 0.1) is 5.82 Å². The van der Waals surface area contributed by atoms with Crippen molar-refractivity contribution in [2.24, 2.45) is 0 Å². The van der Waals surface area contributed by atoms with Gasteiger partial charge in [0.15, 0.2) is 5.82 Å². The van der Waals surface area contributed by atoms with E-state index in [2.05, 4.69) is 54.6 Å². The smallest absolute Gasteiger partial charge is 0.157 e. The highest BCUT2D eigenvalue weighted by Gasteiger charge is 2.31. The quantitative estimate of drug-likeness (QED) is 0.534. The first-order chi connectivity index (χ1) is 14.8. The number of pyridine rings is 1. The van der Waals surface area contributed by atoms with E-state index >= 15 is 0 Å². The molecule has 1 aliphatic heterocycles. The van der Waals surface area contributed by atoms with Crippen LogP contribution in [0.3, 0.4) is 0 Å². The van der Waals surface area contributed by atoms with E-state index in [-0.39, 0.29) is 5.82 Å². The van der Waals surface area contributed by atoms with Crippen LogP contribution in [0.4, 0.5) is 21.6 Å². The van der Waals surface area contributed by atoms with Gasteiger partial charge in [-0.1, -0.05) is 6.07 Å². The van der Waals surface area contributed by atoms with Crippen LogP contribution < -0.4 is 10.2 Å². The van der Waals surface area contributed by atoms with Crippen LogP contribution in [0.25, 0.3) is 21.8 Å². The second kappa shape index (κ2) is 6.95. The average Bonchev–Trinajstić information content (AvgIpc) is 3.51. The normalized spacial score (nSPS) is 17.7. The first kappa shape index (κ1) is 17.7. The van der Waals surface area contributed by atoms with Gasteiger partial charge in [-0.05, 0) is 49.2 Å². The van der Waals surface area contributed by atoms with E-state index in [9.17, 15) is 4.39 Å². The fourth-order valence-electron chi connectivity index (χ4n) is 4.47. The molecule has 152 valence electrons. The lowest BCUT2D eigenvalue weighted by molar-refractivity contribution is 0.248. The van der Waals surface area contributed by atoms with Crippen molar-refractivity contribution in [2.45, 2.75) is 18.9 Å². The van der Waals surface area contributed by atoms with Crippen LogP contribution >= 0.6 is 0 Å². The molecule has 3 heterocycles. The van der Waals surface area contributed by atoms with Crippen molar-refractivity contribution in [1.82, 2.24) is 20.1 Å². The molecule has 0 amide bonds. The maximum Gasteiger partial charge on any atom is 0.157 e. The van der Waals surface area contributed by atoms with Crippen LogP contribution in [0.2, 0.25) is 0 Å². The van der Waals surface area contributed by atoms with E-state index in [0.29, 0.717) is 22.2 Å². The topological polar surface area (TPSA) is 60.1 Å². The molecule has 2 fully saturated rings. The number of hydrogen-bond donors (Lipinski definition) is 2. The molecule has 2 aromatic heterocycles. The summed E-state index contributed by atoms with van der Waals surface area (Å²) in [5, 5.41) is 11.7. The van der Waals surface area contributed by atoms with E-state index < -0.39 is 0 Å². The lowest BCUT2D eigenvalue weighted by Crippen LogP contribution is -2.47. The summed E-state index contributed by atoms with van der Waals surface area (Å²) in [5.41, 5.74) is 3.50. The van der Waals surface area contributed by atoms with Gasteiger partial charge < -0.3 is 10.2 Å². The van der Waals surface area contributed by atoms with Gasteiger partial charge in [-0.2, -0.15) is 5.10 Å². The fraction of sp³-hybridized carbons (Fsp3) is 0.304. The summed E-state index contributed by atoms with van der Waals surface area (Å²) < 4.78 is 14.3. The van der Waals surface area contributed by atoms with E-state index in [4.69, 9.17) is 0 Å². The highest BCUT2D eigenvalue weighted by molar-refractivity contribution is 6.08. The van der Waals surface area contributed by atoms with Gasteiger partial charge in [0.05, 0.1) is 11.7 Å². The van der Waals surface area contributed by atoms with Gasteiger partial charge in [-0.3, -0.25) is 10.00 Å². The minimum absolute atomic E-state index is 0.288. The number of aromatic nitrogens is 3. The summed E-state index contributed by atoms with van der Waals surface area (Å²) in [6.07, 6.45) is 4.40. The number of hydrogen-bond acceptors (Lipinski definition) is 5. The van der Waals surface area contributed by atoms with Crippen molar-refractivity contribution in [2.75, 3.05) is 36.4 Å². The second-order valence-electron chi connectivity index (χ2n) is 8.18. The Hall–Kier alpha value is -3.19. The molecule has 4 aromatic rings. The van der Waals surface area contributed by atoms with Gasteiger partial charge in [0.2, 0.25) is 0 Å². The molecule has 2 aliphatic rings. The molecule has 1 saturated heterocycles.